The van der Waals surface area contributed by atoms with Gasteiger partial charge in [-0.3, -0.25) is 9.59 Å². The van der Waals surface area contributed by atoms with Crippen LogP contribution in [0.3, 0.4) is 0 Å². The van der Waals surface area contributed by atoms with E-state index in [0.717, 1.165) is 5.69 Å². The maximum Gasteiger partial charge on any atom is 0.231 e. The third-order valence-electron chi connectivity index (χ3n) is 3.32. The Bertz CT molecular complexity index is 503. The number of methoxy groups -OCH3 is 1. The van der Waals surface area contributed by atoms with E-state index >= 15 is 0 Å². The first kappa shape index (κ1) is 14.9. The SMILES string of the molecule is COC[C@H](C)N1C[C@@H](C(=O)Nc2nc(C)cs2)CC1=O. The molecule has 1 aromatic heterocycles. The molecule has 20 heavy (non-hydrogen) atoms. The van der Waals surface area contributed by atoms with Crippen LogP contribution in [0.25, 0.3) is 0 Å². The van der Waals surface area contributed by atoms with Crippen molar-refractivity contribution < 1.29 is 14.3 Å². The first-order valence-electron chi connectivity index (χ1n) is 6.52. The molecule has 7 heteroatoms. The Kier molecular flexibility index (Phi) is 4.72. The molecule has 2 amide bonds. The number of carbonyl (C=O) groups excluding carboxylic acids is 2. The molecule has 0 unspecified atom stereocenters. The molecule has 6 nitrogen and oxygen atoms in total. The van der Waals surface area contributed by atoms with E-state index in [2.05, 4.69) is 10.3 Å². The summed E-state index contributed by atoms with van der Waals surface area (Å²) in [4.78, 5) is 30.0. The molecular formula is C13H19N3O3S. The highest BCUT2D eigenvalue weighted by Crippen LogP contribution is 2.23. The fraction of sp³-hybridized carbons (Fsp3) is 0.615. The summed E-state index contributed by atoms with van der Waals surface area (Å²) in [5.74, 6) is -0.448. The van der Waals surface area contributed by atoms with Crippen LogP contribution in [0.5, 0.6) is 0 Å². The normalized spacial score (nSPS) is 20.2. The van der Waals surface area contributed by atoms with Crippen molar-refractivity contribution in [3.05, 3.63) is 11.1 Å². The van der Waals surface area contributed by atoms with Crippen molar-refractivity contribution in [3.8, 4) is 0 Å². The Morgan fingerprint density at radius 3 is 3.05 bits per heavy atom. The Balaban J connectivity index is 1.94. The van der Waals surface area contributed by atoms with Gasteiger partial charge in [0.25, 0.3) is 0 Å². The van der Waals surface area contributed by atoms with Crippen LogP contribution in [0, 0.1) is 12.8 Å². The maximum absolute atomic E-state index is 12.1. The Morgan fingerprint density at radius 1 is 1.70 bits per heavy atom. The second kappa shape index (κ2) is 6.32. The lowest BCUT2D eigenvalue weighted by atomic mass is 10.1. The number of rotatable bonds is 5. The van der Waals surface area contributed by atoms with E-state index in [1.165, 1.54) is 11.3 Å². The largest absolute Gasteiger partial charge is 0.383 e. The minimum absolute atomic E-state index is 0.00465. The van der Waals surface area contributed by atoms with Gasteiger partial charge in [-0.2, -0.15) is 0 Å². The molecule has 0 saturated carbocycles. The molecule has 0 aromatic carbocycles. The van der Waals surface area contributed by atoms with Crippen LogP contribution in [0.1, 0.15) is 19.0 Å². The maximum atomic E-state index is 12.1. The summed E-state index contributed by atoms with van der Waals surface area (Å²) >= 11 is 1.39. The highest BCUT2D eigenvalue weighted by atomic mass is 32.1. The molecule has 0 aliphatic carbocycles. The number of carbonyl (C=O) groups is 2. The minimum atomic E-state index is -0.314. The number of hydrogen-bond acceptors (Lipinski definition) is 5. The summed E-state index contributed by atoms with van der Waals surface area (Å²) in [5.41, 5.74) is 0.878. The molecule has 1 aliphatic rings. The first-order chi connectivity index (χ1) is 9.51. The van der Waals surface area contributed by atoms with Crippen molar-refractivity contribution in [2.24, 2.45) is 5.92 Å². The number of likely N-dealkylation sites (tertiary alicyclic amines) is 1. The quantitative estimate of drug-likeness (QED) is 0.888. The Labute approximate surface area is 122 Å². The number of nitrogens with one attached hydrogen (secondary N) is 1. The first-order valence-corrected chi connectivity index (χ1v) is 7.40. The second-order valence-electron chi connectivity index (χ2n) is 5.03. The van der Waals surface area contributed by atoms with Gasteiger partial charge in [0, 0.05) is 25.5 Å². The van der Waals surface area contributed by atoms with E-state index in [9.17, 15) is 9.59 Å². The molecule has 0 spiro atoms. The lowest BCUT2D eigenvalue weighted by molar-refractivity contribution is -0.130. The third-order valence-corrected chi connectivity index (χ3v) is 4.19. The third kappa shape index (κ3) is 3.34. The van der Waals surface area contributed by atoms with Crippen molar-refractivity contribution in [2.45, 2.75) is 26.3 Å². The van der Waals surface area contributed by atoms with Crippen molar-refractivity contribution in [1.82, 2.24) is 9.88 Å². The van der Waals surface area contributed by atoms with Crippen molar-refractivity contribution >= 4 is 28.3 Å². The number of aryl methyl sites for hydroxylation is 1. The monoisotopic (exact) mass is 297 g/mol. The summed E-state index contributed by atoms with van der Waals surface area (Å²) < 4.78 is 5.06. The molecule has 0 radical (unpaired) electrons. The molecule has 1 aromatic rings. The number of hydrogen-bond donors (Lipinski definition) is 1. The number of aromatic nitrogens is 1. The van der Waals surface area contributed by atoms with Crippen LogP contribution in [0.15, 0.2) is 5.38 Å². The van der Waals surface area contributed by atoms with E-state index in [0.29, 0.717) is 18.3 Å². The average Bonchev–Trinajstić information content (AvgIpc) is 2.96. The lowest BCUT2D eigenvalue weighted by Crippen LogP contribution is -2.38. The molecular weight excluding hydrogens is 278 g/mol. The molecule has 1 saturated heterocycles. The van der Waals surface area contributed by atoms with Gasteiger partial charge in [-0.05, 0) is 13.8 Å². The van der Waals surface area contributed by atoms with Crippen LogP contribution in [-0.4, -0.2) is 48.0 Å². The van der Waals surface area contributed by atoms with Crippen molar-refractivity contribution in [3.63, 3.8) is 0 Å². The standard InChI is InChI=1S/C13H19N3O3S/c1-8-7-20-13(14-8)15-12(18)10-4-11(17)16(5-10)9(2)6-19-3/h7,9-10H,4-6H2,1-3H3,(H,14,15,18)/t9-,10-/m0/s1. The number of nitrogens with zero attached hydrogens (tertiary/aromatic N) is 2. The average molecular weight is 297 g/mol. The van der Waals surface area contributed by atoms with Gasteiger partial charge in [0.15, 0.2) is 5.13 Å². The fourth-order valence-corrected chi connectivity index (χ4v) is 2.97. The summed E-state index contributed by atoms with van der Waals surface area (Å²) in [5, 5.41) is 5.24. The smallest absolute Gasteiger partial charge is 0.231 e. The van der Waals surface area contributed by atoms with Crippen LogP contribution in [-0.2, 0) is 14.3 Å². The van der Waals surface area contributed by atoms with Crippen molar-refractivity contribution in [1.29, 1.82) is 0 Å². The molecule has 2 rings (SSSR count). The zero-order valence-electron chi connectivity index (χ0n) is 11.9. The van der Waals surface area contributed by atoms with Gasteiger partial charge in [0.05, 0.1) is 24.3 Å². The zero-order chi connectivity index (χ0) is 14.7. The van der Waals surface area contributed by atoms with Crippen LogP contribution in [0.2, 0.25) is 0 Å². The summed E-state index contributed by atoms with van der Waals surface area (Å²) in [6, 6.07) is -0.00703. The highest BCUT2D eigenvalue weighted by Gasteiger charge is 2.36. The lowest BCUT2D eigenvalue weighted by Gasteiger charge is -2.23. The van der Waals surface area contributed by atoms with Gasteiger partial charge in [-0.1, -0.05) is 0 Å². The van der Waals surface area contributed by atoms with Crippen LogP contribution >= 0.6 is 11.3 Å². The summed E-state index contributed by atoms with van der Waals surface area (Å²) in [7, 11) is 1.60. The van der Waals surface area contributed by atoms with Gasteiger partial charge in [0.1, 0.15) is 0 Å². The molecule has 2 atom stereocenters. The van der Waals surface area contributed by atoms with E-state index in [1.807, 2.05) is 19.2 Å². The second-order valence-corrected chi connectivity index (χ2v) is 5.89. The van der Waals surface area contributed by atoms with E-state index in [4.69, 9.17) is 4.74 Å². The predicted molar refractivity (Wildman–Crippen MR) is 76.6 cm³/mol. The van der Waals surface area contributed by atoms with E-state index < -0.39 is 0 Å². The van der Waals surface area contributed by atoms with Crippen LogP contribution in [0.4, 0.5) is 5.13 Å². The van der Waals surface area contributed by atoms with E-state index in [1.54, 1.807) is 12.0 Å². The number of ether oxygens (including phenoxy) is 1. The molecule has 110 valence electrons. The fourth-order valence-electron chi connectivity index (χ4n) is 2.28. The Morgan fingerprint density at radius 2 is 2.45 bits per heavy atom. The molecule has 1 N–H and O–H groups in total. The summed E-state index contributed by atoms with van der Waals surface area (Å²) in [6.07, 6.45) is 0.254. The topological polar surface area (TPSA) is 71.5 Å². The molecule has 0 bridgehead atoms. The zero-order valence-corrected chi connectivity index (χ0v) is 12.7. The number of anilines is 1. The van der Waals surface area contributed by atoms with Gasteiger partial charge >= 0.3 is 0 Å². The van der Waals surface area contributed by atoms with Gasteiger partial charge < -0.3 is 15.0 Å². The summed E-state index contributed by atoms with van der Waals surface area (Å²) in [6.45, 7) is 4.72. The predicted octanol–water partition coefficient (Wildman–Crippen LogP) is 1.27. The van der Waals surface area contributed by atoms with Crippen molar-refractivity contribution in [2.75, 3.05) is 25.6 Å². The van der Waals surface area contributed by atoms with Gasteiger partial charge in [-0.15, -0.1) is 11.3 Å². The molecule has 1 aliphatic heterocycles. The van der Waals surface area contributed by atoms with Crippen LogP contribution < -0.4 is 5.32 Å². The molecule has 2 heterocycles. The number of amides is 2. The minimum Gasteiger partial charge on any atom is -0.383 e. The van der Waals surface area contributed by atoms with E-state index in [-0.39, 0.29) is 30.2 Å². The van der Waals surface area contributed by atoms with Gasteiger partial charge in [-0.25, -0.2) is 4.98 Å². The highest BCUT2D eigenvalue weighted by molar-refractivity contribution is 7.13. The van der Waals surface area contributed by atoms with Gasteiger partial charge in [0.2, 0.25) is 11.8 Å². The molecule has 1 fully saturated rings. The Hall–Kier alpha value is -1.47. The number of thiazole rings is 1.